The van der Waals surface area contributed by atoms with Crippen molar-refractivity contribution in [1.29, 1.82) is 0 Å². The zero-order chi connectivity index (χ0) is 16.2. The van der Waals surface area contributed by atoms with E-state index in [9.17, 15) is 4.79 Å². The summed E-state index contributed by atoms with van der Waals surface area (Å²) in [7, 11) is 0. The van der Waals surface area contributed by atoms with Gasteiger partial charge in [-0.15, -0.1) is 0 Å². The van der Waals surface area contributed by atoms with Crippen molar-refractivity contribution in [3.63, 3.8) is 0 Å². The van der Waals surface area contributed by atoms with Crippen LogP contribution in [0.2, 0.25) is 0 Å². The number of hydrogen-bond acceptors (Lipinski definition) is 4. The van der Waals surface area contributed by atoms with Crippen molar-refractivity contribution in [3.8, 4) is 11.3 Å². The van der Waals surface area contributed by atoms with E-state index >= 15 is 0 Å². The van der Waals surface area contributed by atoms with Crippen LogP contribution < -0.4 is 11.1 Å². The van der Waals surface area contributed by atoms with E-state index in [1.807, 2.05) is 45.0 Å². The average molecular weight is 301 g/mol. The molecule has 22 heavy (non-hydrogen) atoms. The van der Waals surface area contributed by atoms with Crippen LogP contribution in [-0.4, -0.2) is 23.0 Å². The largest absolute Gasteiger partial charge is 0.441 e. The van der Waals surface area contributed by atoms with Gasteiger partial charge in [0.2, 0.25) is 5.91 Å². The summed E-state index contributed by atoms with van der Waals surface area (Å²) in [6.07, 6.45) is 2.51. The molecule has 5 nitrogen and oxygen atoms in total. The first kappa shape index (κ1) is 16.2. The van der Waals surface area contributed by atoms with Gasteiger partial charge in [0.05, 0.1) is 6.20 Å². The molecule has 0 unspecified atom stereocenters. The molecule has 0 fully saturated rings. The maximum atomic E-state index is 11.7. The van der Waals surface area contributed by atoms with Gasteiger partial charge in [-0.05, 0) is 20.8 Å². The van der Waals surface area contributed by atoms with Gasteiger partial charge >= 0.3 is 0 Å². The van der Waals surface area contributed by atoms with Crippen LogP contribution in [0.25, 0.3) is 11.3 Å². The molecule has 1 amide bonds. The molecule has 5 heteroatoms. The molecule has 0 radical (unpaired) electrons. The van der Waals surface area contributed by atoms with Gasteiger partial charge in [0.25, 0.3) is 0 Å². The van der Waals surface area contributed by atoms with E-state index in [4.69, 9.17) is 10.2 Å². The Hall–Kier alpha value is -2.14. The first-order valence-corrected chi connectivity index (χ1v) is 7.41. The lowest BCUT2D eigenvalue weighted by Crippen LogP contribution is -2.45. The quantitative estimate of drug-likeness (QED) is 0.858. The lowest BCUT2D eigenvalue weighted by atomic mass is 10.1. The molecule has 0 aliphatic heterocycles. The van der Waals surface area contributed by atoms with Gasteiger partial charge in [-0.1, -0.05) is 29.8 Å². The predicted octanol–water partition coefficient (Wildman–Crippen LogP) is 2.44. The third-order valence-corrected chi connectivity index (χ3v) is 3.20. The van der Waals surface area contributed by atoms with E-state index in [0.29, 0.717) is 25.3 Å². The SMILES string of the molecule is Cc1ccc(-c2cnc(CCC(=O)NCC(C)(C)N)o2)cc1. The van der Waals surface area contributed by atoms with Gasteiger partial charge in [-0.25, -0.2) is 4.98 Å². The monoisotopic (exact) mass is 301 g/mol. The summed E-state index contributed by atoms with van der Waals surface area (Å²) in [6.45, 7) is 6.23. The van der Waals surface area contributed by atoms with E-state index in [2.05, 4.69) is 10.3 Å². The summed E-state index contributed by atoms with van der Waals surface area (Å²) < 4.78 is 5.69. The smallest absolute Gasteiger partial charge is 0.220 e. The lowest BCUT2D eigenvalue weighted by molar-refractivity contribution is -0.121. The Kier molecular flexibility index (Phi) is 4.98. The zero-order valence-corrected chi connectivity index (χ0v) is 13.3. The molecule has 2 rings (SSSR count). The summed E-state index contributed by atoms with van der Waals surface area (Å²) in [4.78, 5) is 16.0. The van der Waals surface area contributed by atoms with Crippen molar-refractivity contribution >= 4 is 5.91 Å². The topological polar surface area (TPSA) is 81.2 Å². The number of amides is 1. The lowest BCUT2D eigenvalue weighted by Gasteiger charge is -2.18. The molecule has 0 saturated heterocycles. The van der Waals surface area contributed by atoms with Crippen molar-refractivity contribution < 1.29 is 9.21 Å². The van der Waals surface area contributed by atoms with Crippen molar-refractivity contribution in [3.05, 3.63) is 41.9 Å². The van der Waals surface area contributed by atoms with Gasteiger partial charge in [0.1, 0.15) is 0 Å². The summed E-state index contributed by atoms with van der Waals surface area (Å²) in [6, 6.07) is 8.05. The van der Waals surface area contributed by atoms with E-state index in [1.54, 1.807) is 6.20 Å². The first-order chi connectivity index (χ1) is 10.3. The van der Waals surface area contributed by atoms with Crippen molar-refractivity contribution in [2.75, 3.05) is 6.54 Å². The van der Waals surface area contributed by atoms with Crippen LogP contribution in [0.5, 0.6) is 0 Å². The number of rotatable bonds is 6. The average Bonchev–Trinajstić information content (AvgIpc) is 2.92. The Bertz CT molecular complexity index is 624. The number of aryl methyl sites for hydroxylation is 2. The molecule has 0 saturated carbocycles. The Morgan fingerprint density at radius 2 is 2.00 bits per heavy atom. The molecule has 0 aliphatic rings. The fourth-order valence-corrected chi connectivity index (χ4v) is 1.91. The number of nitrogens with one attached hydrogen (secondary N) is 1. The van der Waals surface area contributed by atoms with E-state index in [0.717, 1.165) is 11.3 Å². The molecule has 1 heterocycles. The second-order valence-electron chi connectivity index (χ2n) is 6.25. The fourth-order valence-electron chi connectivity index (χ4n) is 1.91. The first-order valence-electron chi connectivity index (χ1n) is 7.41. The molecule has 2 aromatic rings. The minimum Gasteiger partial charge on any atom is -0.441 e. The maximum absolute atomic E-state index is 11.7. The molecular weight excluding hydrogens is 278 g/mol. The molecule has 0 bridgehead atoms. The van der Waals surface area contributed by atoms with Gasteiger partial charge < -0.3 is 15.5 Å². The van der Waals surface area contributed by atoms with E-state index in [1.165, 1.54) is 5.56 Å². The standard InChI is InChI=1S/C17H23N3O2/c1-12-4-6-13(7-5-12)14-10-19-16(22-14)9-8-15(21)20-11-17(2,3)18/h4-7,10H,8-9,11,18H2,1-3H3,(H,20,21). The molecule has 0 atom stereocenters. The number of carbonyl (C=O) groups is 1. The number of nitrogens with two attached hydrogens (primary N) is 1. The zero-order valence-electron chi connectivity index (χ0n) is 13.3. The Morgan fingerprint density at radius 1 is 1.32 bits per heavy atom. The van der Waals surface area contributed by atoms with Crippen LogP contribution in [0, 0.1) is 6.92 Å². The summed E-state index contributed by atoms with van der Waals surface area (Å²) in [5.74, 6) is 1.24. The van der Waals surface area contributed by atoms with Crippen molar-refractivity contribution in [2.45, 2.75) is 39.2 Å². The minimum atomic E-state index is -0.406. The van der Waals surface area contributed by atoms with Crippen LogP contribution in [0.15, 0.2) is 34.9 Å². The van der Waals surface area contributed by atoms with E-state index < -0.39 is 5.54 Å². The molecule has 3 N–H and O–H groups in total. The second kappa shape index (κ2) is 6.75. The molecule has 1 aromatic carbocycles. The highest BCUT2D eigenvalue weighted by Gasteiger charge is 2.13. The van der Waals surface area contributed by atoms with Crippen LogP contribution in [0.4, 0.5) is 0 Å². The summed E-state index contributed by atoms with van der Waals surface area (Å²) in [5.41, 5.74) is 7.60. The number of nitrogens with zero attached hydrogens (tertiary/aromatic N) is 1. The highest BCUT2D eigenvalue weighted by molar-refractivity contribution is 5.76. The van der Waals surface area contributed by atoms with Crippen LogP contribution in [-0.2, 0) is 11.2 Å². The summed E-state index contributed by atoms with van der Waals surface area (Å²) in [5, 5.41) is 2.80. The highest BCUT2D eigenvalue weighted by atomic mass is 16.4. The molecule has 1 aromatic heterocycles. The summed E-state index contributed by atoms with van der Waals surface area (Å²) >= 11 is 0. The van der Waals surface area contributed by atoms with Crippen LogP contribution in [0.3, 0.4) is 0 Å². The van der Waals surface area contributed by atoms with Crippen molar-refractivity contribution in [2.24, 2.45) is 5.73 Å². The fraction of sp³-hybridized carbons (Fsp3) is 0.412. The molecule has 118 valence electrons. The Labute approximate surface area is 130 Å². The third-order valence-electron chi connectivity index (χ3n) is 3.20. The minimum absolute atomic E-state index is 0.0476. The number of hydrogen-bond donors (Lipinski definition) is 2. The normalized spacial score (nSPS) is 11.5. The number of aromatic nitrogens is 1. The third kappa shape index (κ3) is 5.00. The van der Waals surface area contributed by atoms with Crippen molar-refractivity contribution in [1.82, 2.24) is 10.3 Å². The highest BCUT2D eigenvalue weighted by Crippen LogP contribution is 2.21. The molecular formula is C17H23N3O2. The van der Waals surface area contributed by atoms with Gasteiger partial charge in [0.15, 0.2) is 11.7 Å². The van der Waals surface area contributed by atoms with Gasteiger partial charge in [-0.3, -0.25) is 4.79 Å². The van der Waals surface area contributed by atoms with E-state index in [-0.39, 0.29) is 5.91 Å². The number of oxazole rings is 1. The maximum Gasteiger partial charge on any atom is 0.220 e. The Morgan fingerprint density at radius 3 is 2.64 bits per heavy atom. The van der Waals surface area contributed by atoms with Crippen LogP contribution >= 0.6 is 0 Å². The number of benzene rings is 1. The predicted molar refractivity (Wildman–Crippen MR) is 86.3 cm³/mol. The van der Waals surface area contributed by atoms with Crippen LogP contribution in [0.1, 0.15) is 31.7 Å². The van der Waals surface area contributed by atoms with Gasteiger partial charge in [-0.2, -0.15) is 0 Å². The second-order valence-corrected chi connectivity index (χ2v) is 6.25. The Balaban J connectivity index is 1.87. The molecule has 0 aliphatic carbocycles. The molecule has 0 spiro atoms. The van der Waals surface area contributed by atoms with Gasteiger partial charge in [0, 0.05) is 30.5 Å². The number of carbonyl (C=O) groups excluding carboxylic acids is 1.